The average Bonchev–Trinajstić information content (AvgIpc) is 2.73. The van der Waals surface area contributed by atoms with Crippen molar-refractivity contribution < 1.29 is 27.1 Å². The number of rotatable bonds is 8. The smallest absolute Gasteiger partial charge is 0.340 e. The van der Waals surface area contributed by atoms with E-state index in [1.54, 1.807) is 11.8 Å². The Balaban J connectivity index is 1.62. The predicted molar refractivity (Wildman–Crippen MR) is 118 cm³/mol. The van der Waals surface area contributed by atoms with E-state index in [1.165, 1.54) is 6.07 Å². The Morgan fingerprint density at radius 3 is 2.55 bits per heavy atom. The number of aromatic nitrogens is 1. The molecule has 3 rings (SSSR count). The Bertz CT molecular complexity index is 1040. The summed E-state index contributed by atoms with van der Waals surface area (Å²) < 4.78 is 45.4. The quantitative estimate of drug-likeness (QED) is 0.561. The molecule has 1 aromatic rings. The van der Waals surface area contributed by atoms with Crippen LogP contribution in [0.25, 0.3) is 0 Å². The fourth-order valence-electron chi connectivity index (χ4n) is 4.25. The van der Waals surface area contributed by atoms with Gasteiger partial charge in [-0.15, -0.1) is 0 Å². The Labute approximate surface area is 193 Å². The second-order valence-corrected chi connectivity index (χ2v) is 10.6. The largest absolute Gasteiger partial charge is 0.462 e. The van der Waals surface area contributed by atoms with Gasteiger partial charge >= 0.3 is 5.97 Å². The summed E-state index contributed by atoms with van der Waals surface area (Å²) in [6, 6.07) is 3.17. The lowest BCUT2D eigenvalue weighted by Gasteiger charge is -2.39. The molecule has 1 aliphatic heterocycles. The van der Waals surface area contributed by atoms with E-state index in [-0.39, 0.29) is 54.0 Å². The zero-order valence-electron chi connectivity index (χ0n) is 18.8. The number of alkyl halides is 1. The Morgan fingerprint density at radius 1 is 1.30 bits per heavy atom. The summed E-state index contributed by atoms with van der Waals surface area (Å²) in [4.78, 5) is 30.2. The lowest BCUT2D eigenvalue weighted by Crippen LogP contribution is -2.55. The lowest BCUT2D eigenvalue weighted by atomic mass is 9.84. The molecule has 0 aromatic carbocycles. The first kappa shape index (κ1) is 24.9. The zero-order chi connectivity index (χ0) is 24.2. The molecule has 1 amide bonds. The summed E-state index contributed by atoms with van der Waals surface area (Å²) in [7, 11) is -3.73. The molecule has 0 atom stereocenters. The van der Waals surface area contributed by atoms with Crippen LogP contribution in [0.1, 0.15) is 61.1 Å². The van der Waals surface area contributed by atoms with Crippen molar-refractivity contribution in [3.05, 3.63) is 22.9 Å². The summed E-state index contributed by atoms with van der Waals surface area (Å²) in [5.41, 5.74) is -0.217. The van der Waals surface area contributed by atoms with Gasteiger partial charge in [-0.25, -0.2) is 22.6 Å². The van der Waals surface area contributed by atoms with Crippen LogP contribution in [-0.4, -0.2) is 50.7 Å². The number of hydrogen-bond acceptors (Lipinski definition) is 8. The van der Waals surface area contributed by atoms with Gasteiger partial charge < -0.3 is 9.64 Å². The molecule has 0 spiro atoms. The highest BCUT2D eigenvalue weighted by molar-refractivity contribution is 7.90. The number of carbonyl (C=O) groups is 2. The molecule has 33 heavy (non-hydrogen) atoms. The molecule has 1 saturated heterocycles. The third-order valence-electron chi connectivity index (χ3n) is 6.22. The second-order valence-electron chi connectivity index (χ2n) is 8.80. The number of esters is 1. The Morgan fingerprint density at radius 2 is 1.97 bits per heavy atom. The summed E-state index contributed by atoms with van der Waals surface area (Å²) in [5.74, 6) is -1.20. The van der Waals surface area contributed by atoms with Gasteiger partial charge in [0.05, 0.1) is 35.1 Å². The molecule has 180 valence electrons. The van der Waals surface area contributed by atoms with Crippen LogP contribution in [0, 0.1) is 29.1 Å². The molecular weight excluding hydrogens is 451 g/mol. The standard InChI is InChI=1S/C22H29FN4O5S/c1-3-32-22(29)18-8-16(10-24)20(25-19(18)9-23)27-11-17(12-27)21(28)26-33(30,31)13-15-6-4-14(2)5-7-15/h8,14-15,17H,3-7,9,11-13H2,1-2H3,(H,26,28). The number of nitriles is 1. The molecule has 0 unspecified atom stereocenters. The number of nitrogens with one attached hydrogen (secondary N) is 1. The van der Waals surface area contributed by atoms with E-state index in [0.29, 0.717) is 5.92 Å². The van der Waals surface area contributed by atoms with Crippen molar-refractivity contribution in [3.8, 4) is 6.07 Å². The number of carbonyl (C=O) groups excluding carboxylic acids is 2. The minimum absolute atomic E-state index is 0.0493. The third-order valence-corrected chi connectivity index (χ3v) is 7.64. The molecule has 9 nitrogen and oxygen atoms in total. The van der Waals surface area contributed by atoms with Gasteiger partial charge in [-0.3, -0.25) is 9.52 Å². The first-order valence-corrected chi connectivity index (χ1v) is 12.8. The van der Waals surface area contributed by atoms with Crippen LogP contribution in [0.15, 0.2) is 6.07 Å². The van der Waals surface area contributed by atoms with E-state index in [2.05, 4.69) is 16.6 Å². The topological polar surface area (TPSA) is 129 Å². The maximum atomic E-state index is 13.5. The van der Waals surface area contributed by atoms with Gasteiger partial charge in [-0.2, -0.15) is 5.26 Å². The lowest BCUT2D eigenvalue weighted by molar-refractivity contribution is -0.123. The van der Waals surface area contributed by atoms with Crippen molar-refractivity contribution in [1.82, 2.24) is 9.71 Å². The molecule has 1 aromatic heterocycles. The van der Waals surface area contributed by atoms with Crippen molar-refractivity contribution in [1.29, 1.82) is 5.26 Å². The zero-order valence-corrected chi connectivity index (χ0v) is 19.7. The summed E-state index contributed by atoms with van der Waals surface area (Å²) >= 11 is 0. The molecule has 1 N–H and O–H groups in total. The average molecular weight is 481 g/mol. The van der Waals surface area contributed by atoms with Crippen molar-refractivity contribution in [2.45, 2.75) is 46.2 Å². The van der Waals surface area contributed by atoms with E-state index < -0.39 is 34.5 Å². The number of anilines is 1. The van der Waals surface area contributed by atoms with Gasteiger partial charge in [0.1, 0.15) is 18.6 Å². The Hall–Kier alpha value is -2.74. The van der Waals surface area contributed by atoms with Crippen molar-refractivity contribution in [2.24, 2.45) is 17.8 Å². The summed E-state index contributed by atoms with van der Waals surface area (Å²) in [5, 5.41) is 9.47. The predicted octanol–water partition coefficient (Wildman–Crippen LogP) is 2.31. The summed E-state index contributed by atoms with van der Waals surface area (Å²) in [6.45, 7) is 3.11. The molecule has 1 saturated carbocycles. The number of sulfonamides is 1. The Kier molecular flexibility index (Phi) is 7.89. The highest BCUT2D eigenvalue weighted by Gasteiger charge is 2.37. The fraction of sp³-hybridized carbons (Fsp3) is 0.636. The van der Waals surface area contributed by atoms with Gasteiger partial charge in [-0.1, -0.05) is 19.8 Å². The maximum Gasteiger partial charge on any atom is 0.340 e. The van der Waals surface area contributed by atoms with Gasteiger partial charge in [0.25, 0.3) is 0 Å². The van der Waals surface area contributed by atoms with Crippen molar-refractivity contribution in [3.63, 3.8) is 0 Å². The third kappa shape index (κ3) is 5.99. The van der Waals surface area contributed by atoms with E-state index >= 15 is 0 Å². The van der Waals surface area contributed by atoms with Crippen LogP contribution >= 0.6 is 0 Å². The highest BCUT2D eigenvalue weighted by Crippen LogP contribution is 2.30. The molecule has 1 aliphatic carbocycles. The highest BCUT2D eigenvalue weighted by atomic mass is 32.2. The van der Waals surface area contributed by atoms with Crippen LogP contribution in [0.5, 0.6) is 0 Å². The monoisotopic (exact) mass is 480 g/mol. The van der Waals surface area contributed by atoms with Crippen LogP contribution in [0.3, 0.4) is 0 Å². The normalized spacial score (nSPS) is 21.1. The van der Waals surface area contributed by atoms with E-state index in [4.69, 9.17) is 4.74 Å². The molecule has 2 fully saturated rings. The minimum atomic E-state index is -3.73. The molecule has 0 bridgehead atoms. The van der Waals surface area contributed by atoms with Gasteiger partial charge in [0.2, 0.25) is 15.9 Å². The second kappa shape index (κ2) is 10.5. The van der Waals surface area contributed by atoms with Crippen LogP contribution in [0.4, 0.5) is 10.2 Å². The first-order chi connectivity index (χ1) is 15.7. The van der Waals surface area contributed by atoms with Gasteiger partial charge in [0.15, 0.2) is 0 Å². The molecular formula is C22H29FN4O5S. The van der Waals surface area contributed by atoms with Gasteiger partial charge in [0, 0.05) is 13.1 Å². The number of halogens is 1. The number of nitrogens with zero attached hydrogens (tertiary/aromatic N) is 3. The fourth-order valence-corrected chi connectivity index (χ4v) is 5.76. The van der Waals surface area contributed by atoms with E-state index in [9.17, 15) is 27.7 Å². The number of pyridine rings is 1. The molecule has 2 aliphatic rings. The van der Waals surface area contributed by atoms with Crippen molar-refractivity contribution >= 4 is 27.7 Å². The van der Waals surface area contributed by atoms with Crippen LogP contribution in [0.2, 0.25) is 0 Å². The van der Waals surface area contributed by atoms with Crippen molar-refractivity contribution in [2.75, 3.05) is 30.3 Å². The van der Waals surface area contributed by atoms with E-state index in [0.717, 1.165) is 25.7 Å². The molecule has 0 radical (unpaired) electrons. The summed E-state index contributed by atoms with van der Waals surface area (Å²) in [6.07, 6.45) is 3.68. The van der Waals surface area contributed by atoms with Crippen LogP contribution in [-0.2, 0) is 26.2 Å². The number of ether oxygens (including phenoxy) is 1. The van der Waals surface area contributed by atoms with Gasteiger partial charge in [-0.05, 0) is 37.7 Å². The SMILES string of the molecule is CCOC(=O)c1cc(C#N)c(N2CC(C(=O)NS(=O)(=O)CC3CCC(C)CC3)C2)nc1CF. The van der Waals surface area contributed by atoms with Crippen LogP contribution < -0.4 is 9.62 Å². The van der Waals surface area contributed by atoms with E-state index in [1.807, 2.05) is 6.07 Å². The molecule has 11 heteroatoms. The number of hydrogen-bond donors (Lipinski definition) is 1. The maximum absolute atomic E-state index is 13.5. The molecule has 2 heterocycles. The first-order valence-electron chi connectivity index (χ1n) is 11.1. The minimum Gasteiger partial charge on any atom is -0.462 e. The number of amides is 1.